The quantitative estimate of drug-likeness (QED) is 0.498. The number of nitrogens with one attached hydrogen (secondary N) is 1. The largest absolute Gasteiger partial charge is 0.305 e. The van der Waals surface area contributed by atoms with E-state index < -0.39 is 0 Å². The zero-order valence-corrected chi connectivity index (χ0v) is 13.0. The number of aryl methyl sites for hydroxylation is 1. The number of rotatable bonds is 0. The van der Waals surface area contributed by atoms with E-state index in [9.17, 15) is 0 Å². The van der Waals surface area contributed by atoms with E-state index in [1.54, 1.807) is 0 Å². The summed E-state index contributed by atoms with van der Waals surface area (Å²) in [6, 6.07) is 15.6. The van der Waals surface area contributed by atoms with Crippen molar-refractivity contribution in [2.45, 2.75) is 6.92 Å². The molecule has 3 aliphatic rings. The van der Waals surface area contributed by atoms with Crippen LogP contribution in [0.1, 0.15) is 5.56 Å². The minimum Gasteiger partial charge on any atom is -0.305 e. The summed E-state index contributed by atoms with van der Waals surface area (Å²) in [5.74, 6) is 0. The maximum atomic E-state index is 3.43. The number of hydrogen-bond acceptors (Lipinski definition) is 2. The molecule has 0 bridgehead atoms. The van der Waals surface area contributed by atoms with E-state index in [1.165, 1.54) is 31.4 Å². The second kappa shape index (κ2) is 5.24. The summed E-state index contributed by atoms with van der Waals surface area (Å²) in [6.45, 7) is 6.55. The van der Waals surface area contributed by atoms with Gasteiger partial charge in [0, 0.05) is 15.6 Å². The molecule has 1 N–H and O–H groups in total. The van der Waals surface area contributed by atoms with Gasteiger partial charge >= 0.3 is 0 Å². The number of nitrogens with zero attached hydrogens (tertiary/aromatic N) is 1. The first-order valence-electron chi connectivity index (χ1n) is 7.54. The van der Waals surface area contributed by atoms with E-state index in [4.69, 9.17) is 0 Å². The van der Waals surface area contributed by atoms with Crippen molar-refractivity contribution in [2.75, 3.05) is 26.2 Å². The predicted octanol–water partition coefficient (Wildman–Crippen LogP) is 2.69. The summed E-state index contributed by atoms with van der Waals surface area (Å²) in [5, 5.41) is 6.17. The normalized spacial score (nSPS) is 15.8. The zero-order valence-electron chi connectivity index (χ0n) is 12.2. The molecule has 1 fully saturated rings. The van der Waals surface area contributed by atoms with Crippen molar-refractivity contribution in [2.24, 2.45) is 0 Å². The van der Waals surface area contributed by atoms with Gasteiger partial charge in [-0.05, 0) is 30.0 Å². The molecule has 1 aromatic carbocycles. The Morgan fingerprint density at radius 3 is 2.71 bits per heavy atom. The molecule has 0 radical (unpaired) electrons. The minimum atomic E-state index is 1.08. The fraction of sp³-hybridized carbons (Fsp3) is 0.278. The van der Waals surface area contributed by atoms with Gasteiger partial charge in [0.05, 0.1) is 18.7 Å². The third kappa shape index (κ3) is 2.27. The Balaban J connectivity index is 2.09. The summed E-state index contributed by atoms with van der Waals surface area (Å²) in [6.07, 6.45) is 0. The Kier molecular flexibility index (Phi) is 3.24. The van der Waals surface area contributed by atoms with Crippen LogP contribution in [0, 0.1) is 6.92 Å². The molecule has 0 aromatic heterocycles. The number of piperazine rings is 1. The molecule has 0 atom stereocenters. The van der Waals surface area contributed by atoms with Crippen molar-refractivity contribution in [1.82, 2.24) is 9.89 Å². The number of hydrogen-bond donors (Lipinski definition) is 1. The molecule has 0 unspecified atom stereocenters. The van der Waals surface area contributed by atoms with E-state index in [0.717, 1.165) is 26.2 Å². The third-order valence-electron chi connectivity index (χ3n) is 4.26. The maximum Gasteiger partial charge on any atom is 0.208 e. The van der Waals surface area contributed by atoms with Crippen molar-refractivity contribution >= 4 is 21.4 Å². The second-order valence-electron chi connectivity index (χ2n) is 5.67. The summed E-state index contributed by atoms with van der Waals surface area (Å²) < 4.78 is 3.88. The topological polar surface area (TPSA) is 15.0 Å². The maximum absolute atomic E-state index is 3.43. The number of benzene rings is 2. The van der Waals surface area contributed by atoms with Crippen LogP contribution >= 0.6 is 11.3 Å². The average molecular weight is 295 g/mol. The van der Waals surface area contributed by atoms with Crippen LogP contribution in [0.4, 0.5) is 0 Å². The van der Waals surface area contributed by atoms with Gasteiger partial charge in [-0.2, -0.15) is 0 Å². The monoisotopic (exact) mass is 295 g/mol. The first kappa shape index (κ1) is 13.0. The summed E-state index contributed by atoms with van der Waals surface area (Å²) in [5.41, 5.74) is 2.78. The smallest absolute Gasteiger partial charge is 0.208 e. The van der Waals surface area contributed by atoms with Gasteiger partial charge in [-0.1, -0.05) is 24.3 Å². The molecule has 2 heterocycles. The number of fused-ring (bicyclic) bond motifs is 2. The van der Waals surface area contributed by atoms with Crippen molar-refractivity contribution < 1.29 is 0 Å². The van der Waals surface area contributed by atoms with Crippen LogP contribution in [0.3, 0.4) is 0 Å². The van der Waals surface area contributed by atoms with Crippen molar-refractivity contribution in [3.63, 3.8) is 0 Å². The van der Waals surface area contributed by atoms with Gasteiger partial charge in [0.25, 0.3) is 0 Å². The molecule has 0 spiro atoms. The molecule has 1 aromatic rings. The summed E-state index contributed by atoms with van der Waals surface area (Å²) in [4.78, 5) is 1.42. The van der Waals surface area contributed by atoms with Crippen LogP contribution in [0.25, 0.3) is 20.5 Å². The van der Waals surface area contributed by atoms with Crippen LogP contribution in [-0.2, 0) is 0 Å². The first-order chi connectivity index (χ1) is 10.3. The third-order valence-corrected chi connectivity index (χ3v) is 5.60. The molecular formula is C18H19N2S+. The zero-order chi connectivity index (χ0) is 14.2. The predicted molar refractivity (Wildman–Crippen MR) is 91.1 cm³/mol. The van der Waals surface area contributed by atoms with Crippen molar-refractivity contribution in [3.8, 4) is 10.4 Å². The van der Waals surface area contributed by atoms with Gasteiger partial charge in [-0.25, -0.2) is 4.58 Å². The van der Waals surface area contributed by atoms with Crippen LogP contribution in [0.15, 0.2) is 42.5 Å². The van der Waals surface area contributed by atoms with Gasteiger partial charge < -0.3 is 5.32 Å². The van der Waals surface area contributed by atoms with Crippen LogP contribution in [0.2, 0.25) is 0 Å². The standard InChI is InChI=1S/C18H19N2S/c1-13-6-7-16(20-10-8-19-9-11-20)15-12-14-4-2-3-5-17(14)21-18(13)15/h2-7,12,19H,8-11H2,1H3/q+1. The highest BCUT2D eigenvalue weighted by Crippen LogP contribution is 2.33. The van der Waals surface area contributed by atoms with E-state index in [2.05, 4.69) is 59.3 Å². The Bertz CT molecular complexity index is 839. The van der Waals surface area contributed by atoms with Crippen molar-refractivity contribution in [3.05, 3.63) is 53.4 Å². The van der Waals surface area contributed by atoms with Crippen LogP contribution < -0.4 is 15.2 Å². The van der Waals surface area contributed by atoms with Crippen molar-refractivity contribution in [1.29, 1.82) is 0 Å². The molecule has 0 saturated carbocycles. The Morgan fingerprint density at radius 1 is 1.05 bits per heavy atom. The average Bonchev–Trinajstić information content (AvgIpc) is 2.55. The summed E-state index contributed by atoms with van der Waals surface area (Å²) in [7, 11) is 0. The highest BCUT2D eigenvalue weighted by molar-refractivity contribution is 7.21. The molecule has 1 saturated heterocycles. The van der Waals surface area contributed by atoms with Gasteiger partial charge in [-0.15, -0.1) is 11.3 Å². The molecule has 0 amide bonds. The molecule has 21 heavy (non-hydrogen) atoms. The SMILES string of the molecule is Cc1ccc(=[N+]2CCNCC2)c2cc3ccccc3sc1-2. The van der Waals surface area contributed by atoms with Gasteiger partial charge in [0.2, 0.25) is 5.36 Å². The fourth-order valence-corrected chi connectivity index (χ4v) is 4.23. The molecule has 2 aliphatic heterocycles. The van der Waals surface area contributed by atoms with E-state index in [-0.39, 0.29) is 0 Å². The summed E-state index contributed by atoms with van der Waals surface area (Å²) >= 11 is 1.91. The molecule has 1 aliphatic carbocycles. The molecule has 106 valence electrons. The van der Waals surface area contributed by atoms with E-state index >= 15 is 0 Å². The lowest BCUT2D eigenvalue weighted by molar-refractivity contribution is 0.467. The highest BCUT2D eigenvalue weighted by atomic mass is 32.1. The molecule has 3 heteroatoms. The van der Waals surface area contributed by atoms with Gasteiger partial charge in [0.15, 0.2) is 13.1 Å². The fourth-order valence-electron chi connectivity index (χ4n) is 3.11. The van der Waals surface area contributed by atoms with Gasteiger partial charge in [0.1, 0.15) is 0 Å². The lowest BCUT2D eigenvalue weighted by Gasteiger charge is -2.14. The van der Waals surface area contributed by atoms with Crippen LogP contribution in [0.5, 0.6) is 0 Å². The lowest BCUT2D eigenvalue weighted by atomic mass is 10.1. The minimum absolute atomic E-state index is 1.08. The first-order valence-corrected chi connectivity index (χ1v) is 8.35. The lowest BCUT2D eigenvalue weighted by Crippen LogP contribution is -2.46. The highest BCUT2D eigenvalue weighted by Gasteiger charge is 2.18. The Labute approximate surface area is 128 Å². The molecule has 4 rings (SSSR count). The van der Waals surface area contributed by atoms with Crippen LogP contribution in [-0.4, -0.2) is 26.2 Å². The Morgan fingerprint density at radius 2 is 1.86 bits per heavy atom. The van der Waals surface area contributed by atoms with E-state index in [1.807, 2.05) is 11.3 Å². The molecule has 2 nitrogen and oxygen atoms in total. The Hall–Kier alpha value is -1.71. The molecular weight excluding hydrogens is 276 g/mol. The van der Waals surface area contributed by atoms with Gasteiger partial charge in [-0.3, -0.25) is 0 Å². The van der Waals surface area contributed by atoms with E-state index in [0.29, 0.717) is 0 Å². The second-order valence-corrected chi connectivity index (χ2v) is 6.72.